The van der Waals surface area contributed by atoms with E-state index < -0.39 is 26.6 Å². The minimum atomic E-state index is -4.31. The van der Waals surface area contributed by atoms with Crippen LogP contribution in [0.1, 0.15) is 44.6 Å². The van der Waals surface area contributed by atoms with Crippen LogP contribution in [0.25, 0.3) is 0 Å². The second kappa shape index (κ2) is 12.5. The van der Waals surface area contributed by atoms with E-state index >= 15 is 0 Å². The molecule has 1 heterocycles. The van der Waals surface area contributed by atoms with Crippen LogP contribution in [-0.4, -0.2) is 49.2 Å². The Morgan fingerprint density at radius 3 is 2.26 bits per heavy atom. The first-order valence-corrected chi connectivity index (χ1v) is 12.7. The number of methoxy groups -OCH3 is 1. The maximum absolute atomic E-state index is 13.9. The van der Waals surface area contributed by atoms with Crippen molar-refractivity contribution >= 4 is 28.2 Å². The van der Waals surface area contributed by atoms with Crippen molar-refractivity contribution in [2.45, 2.75) is 61.4 Å². The summed E-state index contributed by atoms with van der Waals surface area (Å²) in [5.74, 6) is -1.52. The van der Waals surface area contributed by atoms with Crippen molar-refractivity contribution in [2.24, 2.45) is 5.92 Å². The molecule has 0 unspecified atom stereocenters. The zero-order chi connectivity index (χ0) is 23.9. The first-order chi connectivity index (χ1) is 15.8. The number of sulfone groups is 1. The lowest BCUT2D eigenvalue weighted by molar-refractivity contribution is -0.144. The van der Waals surface area contributed by atoms with Gasteiger partial charge in [0.15, 0.2) is 0 Å². The molecule has 8 nitrogen and oxygen atoms in total. The van der Waals surface area contributed by atoms with Crippen molar-refractivity contribution in [1.82, 2.24) is 10.3 Å². The van der Waals surface area contributed by atoms with Gasteiger partial charge in [-0.3, -0.25) is 10.3 Å². The normalized spacial score (nSPS) is 20.1. The number of nitrogens with one attached hydrogen (secondary N) is 1. The van der Waals surface area contributed by atoms with Crippen LogP contribution in [0, 0.1) is 5.92 Å². The van der Waals surface area contributed by atoms with E-state index in [1.54, 1.807) is 24.5 Å². The fraction of sp³-hybridized carbons (Fsp3) is 0.500. The number of halogens is 1. The minimum absolute atomic E-state index is 0. The van der Waals surface area contributed by atoms with Gasteiger partial charge < -0.3 is 14.6 Å². The first kappa shape index (κ1) is 28.0. The van der Waals surface area contributed by atoms with Gasteiger partial charge in [-0.05, 0) is 74.1 Å². The predicted octanol–water partition coefficient (Wildman–Crippen LogP) is 3.84. The number of hydrogen-bond acceptors (Lipinski definition) is 7. The zero-order valence-corrected chi connectivity index (χ0v) is 21.1. The third-order valence-electron chi connectivity index (χ3n) is 6.22. The Balaban J connectivity index is 0.00000408. The molecule has 34 heavy (non-hydrogen) atoms. The van der Waals surface area contributed by atoms with Crippen LogP contribution in [0.2, 0.25) is 0 Å². The first-order valence-electron chi connectivity index (χ1n) is 11.2. The number of pyridine rings is 1. The SMILES string of the molecule is CCCO[C@H]1CC[C@H]([C@](NCc2ccncc2)(C(=O)O)S(=O)(=O)c2ccc(OC)cc2)CC1.Cl. The quantitative estimate of drug-likeness (QED) is 0.466. The molecule has 0 saturated heterocycles. The molecule has 0 amide bonds. The number of carboxylic acids is 1. The Labute approximate surface area is 207 Å². The average Bonchev–Trinajstić information content (AvgIpc) is 2.84. The number of carbonyl (C=O) groups is 1. The Morgan fingerprint density at radius 2 is 1.74 bits per heavy atom. The summed E-state index contributed by atoms with van der Waals surface area (Å²) >= 11 is 0. The number of aliphatic carboxylic acids is 1. The average molecular weight is 513 g/mol. The topological polar surface area (TPSA) is 115 Å². The fourth-order valence-corrected chi connectivity index (χ4v) is 6.45. The van der Waals surface area contributed by atoms with Crippen LogP contribution in [0.4, 0.5) is 0 Å². The number of carboxylic acid groups (broad SMARTS) is 1. The van der Waals surface area contributed by atoms with Crippen molar-refractivity contribution < 1.29 is 27.8 Å². The Morgan fingerprint density at radius 1 is 1.12 bits per heavy atom. The number of benzene rings is 1. The number of nitrogens with zero attached hydrogens (tertiary/aromatic N) is 1. The molecule has 1 aromatic carbocycles. The summed E-state index contributed by atoms with van der Waals surface area (Å²) in [7, 11) is -2.83. The molecule has 0 aliphatic heterocycles. The van der Waals surface area contributed by atoms with Crippen LogP contribution < -0.4 is 10.1 Å². The summed E-state index contributed by atoms with van der Waals surface area (Å²) < 4.78 is 38.9. The molecule has 3 rings (SSSR count). The van der Waals surface area contributed by atoms with E-state index in [-0.39, 0.29) is 30.0 Å². The van der Waals surface area contributed by atoms with Gasteiger partial charge in [0.25, 0.3) is 0 Å². The van der Waals surface area contributed by atoms with Gasteiger partial charge >= 0.3 is 5.97 Å². The highest BCUT2D eigenvalue weighted by atomic mass is 35.5. The summed E-state index contributed by atoms with van der Waals surface area (Å²) in [6.07, 6.45) is 6.21. The molecule has 2 N–H and O–H groups in total. The number of rotatable bonds is 11. The van der Waals surface area contributed by atoms with Crippen molar-refractivity contribution in [2.75, 3.05) is 13.7 Å². The van der Waals surface area contributed by atoms with Crippen LogP contribution in [0.15, 0.2) is 53.7 Å². The van der Waals surface area contributed by atoms with Gasteiger partial charge in [-0.1, -0.05) is 6.92 Å². The minimum Gasteiger partial charge on any atom is -0.497 e. The summed E-state index contributed by atoms with van der Waals surface area (Å²) in [6.45, 7) is 2.76. The second-order valence-electron chi connectivity index (χ2n) is 8.27. The maximum Gasteiger partial charge on any atom is 0.340 e. The molecule has 188 valence electrons. The summed E-state index contributed by atoms with van der Waals surface area (Å²) in [6, 6.07) is 9.31. The molecular formula is C24H33ClN2O6S. The number of ether oxygens (including phenoxy) is 2. The third kappa shape index (κ3) is 5.89. The number of aromatic nitrogens is 1. The molecule has 1 atom stereocenters. The molecular weight excluding hydrogens is 480 g/mol. The monoisotopic (exact) mass is 512 g/mol. The van der Waals surface area contributed by atoms with E-state index in [0.29, 0.717) is 38.0 Å². The van der Waals surface area contributed by atoms with E-state index in [1.165, 1.54) is 31.4 Å². The zero-order valence-electron chi connectivity index (χ0n) is 19.5. The predicted molar refractivity (Wildman–Crippen MR) is 131 cm³/mol. The largest absolute Gasteiger partial charge is 0.497 e. The van der Waals surface area contributed by atoms with Gasteiger partial charge in [-0.15, -0.1) is 12.4 Å². The Kier molecular flexibility index (Phi) is 10.3. The van der Waals surface area contributed by atoms with Gasteiger partial charge in [-0.25, -0.2) is 13.2 Å². The molecule has 1 saturated carbocycles. The molecule has 0 radical (unpaired) electrons. The van der Waals surface area contributed by atoms with Crippen molar-refractivity contribution in [3.8, 4) is 5.75 Å². The van der Waals surface area contributed by atoms with Gasteiger partial charge in [-0.2, -0.15) is 0 Å². The van der Waals surface area contributed by atoms with Crippen LogP contribution in [-0.2, 0) is 25.9 Å². The summed E-state index contributed by atoms with van der Waals surface area (Å²) in [5.41, 5.74) is 0.750. The summed E-state index contributed by atoms with van der Waals surface area (Å²) in [4.78, 5) is 14.6. The Bertz CT molecular complexity index is 1010. The van der Waals surface area contributed by atoms with Crippen LogP contribution in [0.5, 0.6) is 5.75 Å². The lowest BCUT2D eigenvalue weighted by atomic mass is 9.81. The number of hydrogen-bond donors (Lipinski definition) is 2. The van der Waals surface area contributed by atoms with Gasteiger partial charge in [0.1, 0.15) is 5.75 Å². The van der Waals surface area contributed by atoms with Crippen LogP contribution >= 0.6 is 12.4 Å². The second-order valence-corrected chi connectivity index (χ2v) is 10.4. The highest BCUT2D eigenvalue weighted by Crippen LogP contribution is 2.41. The van der Waals surface area contributed by atoms with Crippen LogP contribution in [0.3, 0.4) is 0 Å². The molecule has 2 aromatic rings. The molecule has 0 spiro atoms. The molecule has 1 aromatic heterocycles. The van der Waals surface area contributed by atoms with Crippen molar-refractivity contribution in [3.05, 3.63) is 54.4 Å². The van der Waals surface area contributed by atoms with Gasteiger partial charge in [0.2, 0.25) is 14.7 Å². The van der Waals surface area contributed by atoms with E-state index in [0.717, 1.165) is 12.0 Å². The molecule has 0 bridgehead atoms. The van der Waals surface area contributed by atoms with E-state index in [9.17, 15) is 18.3 Å². The highest BCUT2D eigenvalue weighted by Gasteiger charge is 2.57. The van der Waals surface area contributed by atoms with E-state index in [1.807, 2.05) is 6.92 Å². The Hall–Kier alpha value is -2.20. The molecule has 1 aliphatic rings. The van der Waals surface area contributed by atoms with Gasteiger partial charge in [0.05, 0.1) is 18.1 Å². The van der Waals surface area contributed by atoms with E-state index in [4.69, 9.17) is 9.47 Å². The van der Waals surface area contributed by atoms with E-state index in [2.05, 4.69) is 10.3 Å². The molecule has 1 fully saturated rings. The standard InChI is InChI=1S/C24H32N2O6S.ClH/c1-3-16-32-21-6-4-19(5-7-21)24(23(27)28,26-17-18-12-14-25-15-13-18)33(29,30)22-10-8-20(31-2)9-11-22;/h8-15,19,21,26H,3-7,16-17H2,1-2H3,(H,27,28);1H/t19-,21-,24-;/m1./s1. The molecule has 10 heteroatoms. The van der Waals surface area contributed by atoms with Crippen molar-refractivity contribution in [3.63, 3.8) is 0 Å². The molecule has 1 aliphatic carbocycles. The maximum atomic E-state index is 13.9. The van der Waals surface area contributed by atoms with Crippen molar-refractivity contribution in [1.29, 1.82) is 0 Å². The third-order valence-corrected chi connectivity index (χ3v) is 8.62. The highest BCUT2D eigenvalue weighted by molar-refractivity contribution is 7.93. The summed E-state index contributed by atoms with van der Waals surface area (Å²) in [5, 5.41) is 13.4. The van der Waals surface area contributed by atoms with Gasteiger partial charge in [0, 0.05) is 31.5 Å². The fourth-order valence-electron chi connectivity index (χ4n) is 4.42. The lowest BCUT2D eigenvalue weighted by Crippen LogP contribution is -2.63. The lowest BCUT2D eigenvalue weighted by Gasteiger charge is -2.41. The smallest absolute Gasteiger partial charge is 0.340 e.